The maximum Gasteiger partial charge on any atom is 0.244 e. The highest BCUT2D eigenvalue weighted by Gasteiger charge is 2.33. The van der Waals surface area contributed by atoms with Gasteiger partial charge in [0.05, 0.1) is 21.4 Å². The topological polar surface area (TPSA) is 86.3 Å². The molecule has 1 aliphatic rings. The molecule has 1 atom stereocenters. The second-order valence-corrected chi connectivity index (χ2v) is 10.3. The van der Waals surface area contributed by atoms with Gasteiger partial charge in [0, 0.05) is 30.8 Å². The number of hydrogen-bond acceptors (Lipinski definition) is 4. The molecule has 1 aliphatic heterocycles. The number of hydrogen-bond donors (Lipinski definition) is 2. The summed E-state index contributed by atoms with van der Waals surface area (Å²) >= 11 is 9.34. The first-order valence-electron chi connectivity index (χ1n) is 9.21. The minimum absolute atomic E-state index is 0.00658. The molecule has 2 heterocycles. The molecule has 0 amide bonds. The number of aromatic amines is 1. The van der Waals surface area contributed by atoms with Crippen LogP contribution in [0.15, 0.2) is 52.0 Å². The van der Waals surface area contributed by atoms with Gasteiger partial charge in [-0.25, -0.2) is 17.8 Å². The smallest absolute Gasteiger partial charge is 0.244 e. The number of halogens is 3. The molecule has 1 fully saturated rings. The van der Waals surface area contributed by atoms with Crippen molar-refractivity contribution in [3.05, 3.63) is 57.9 Å². The number of H-pyrrole nitrogens is 1. The fourth-order valence-electron chi connectivity index (χ4n) is 3.43. The van der Waals surface area contributed by atoms with Crippen LogP contribution in [0.1, 0.15) is 6.42 Å². The molecular formula is C20H18BrClFN3O3S. The normalized spacial score (nSPS) is 17.5. The molecule has 0 spiro atoms. The monoisotopic (exact) mass is 513 g/mol. The van der Waals surface area contributed by atoms with E-state index < -0.39 is 15.8 Å². The van der Waals surface area contributed by atoms with E-state index in [0.717, 1.165) is 0 Å². The molecule has 158 valence electrons. The first-order chi connectivity index (χ1) is 14.3. The Morgan fingerprint density at radius 1 is 1.27 bits per heavy atom. The third-order valence-electron chi connectivity index (χ3n) is 5.14. The SMILES string of the molecule is O=S(=O)(c1cc(-c2ncc(-c3ccc(Br)c(F)c3)[nH]2)ccc1Cl)N1CC[C@@H](CO)C1. The first-order valence-corrected chi connectivity index (χ1v) is 11.8. The van der Waals surface area contributed by atoms with Crippen LogP contribution in [0.25, 0.3) is 22.6 Å². The van der Waals surface area contributed by atoms with E-state index in [2.05, 4.69) is 25.9 Å². The van der Waals surface area contributed by atoms with E-state index in [1.165, 1.54) is 22.5 Å². The molecule has 1 aromatic heterocycles. The molecule has 0 aliphatic carbocycles. The number of benzene rings is 2. The van der Waals surface area contributed by atoms with Gasteiger partial charge in [-0.05, 0) is 58.6 Å². The first kappa shape index (κ1) is 21.5. The molecule has 3 aromatic rings. The van der Waals surface area contributed by atoms with E-state index in [0.29, 0.717) is 40.1 Å². The lowest BCUT2D eigenvalue weighted by Crippen LogP contribution is -2.29. The van der Waals surface area contributed by atoms with E-state index in [4.69, 9.17) is 11.6 Å². The number of sulfonamides is 1. The second kappa shape index (κ2) is 8.39. The summed E-state index contributed by atoms with van der Waals surface area (Å²) in [6.45, 7) is 0.555. The standard InChI is InChI=1S/C20H18BrClFN3O3S/c21-15-3-1-13(7-17(15)23)18-9-24-20(25-18)14-2-4-16(22)19(8-14)30(28,29)26-6-5-12(10-26)11-27/h1-4,7-9,12,27H,5-6,10-11H2,(H,24,25)/t12-/m1/s1. The Labute approximate surface area is 186 Å². The average molecular weight is 515 g/mol. The zero-order chi connectivity index (χ0) is 21.5. The highest BCUT2D eigenvalue weighted by atomic mass is 79.9. The fraction of sp³-hybridized carbons (Fsp3) is 0.250. The zero-order valence-corrected chi connectivity index (χ0v) is 18.8. The van der Waals surface area contributed by atoms with Gasteiger partial charge in [-0.2, -0.15) is 4.31 Å². The Morgan fingerprint density at radius 2 is 2.03 bits per heavy atom. The minimum atomic E-state index is -3.80. The Hall–Kier alpha value is -1.78. The van der Waals surface area contributed by atoms with Crippen molar-refractivity contribution in [2.45, 2.75) is 11.3 Å². The number of aliphatic hydroxyl groups excluding tert-OH is 1. The number of imidazole rings is 1. The van der Waals surface area contributed by atoms with E-state index >= 15 is 0 Å². The fourth-order valence-corrected chi connectivity index (χ4v) is 5.71. The van der Waals surface area contributed by atoms with Gasteiger partial charge in [-0.15, -0.1) is 0 Å². The van der Waals surface area contributed by atoms with Gasteiger partial charge in [0.25, 0.3) is 0 Å². The Balaban J connectivity index is 1.67. The zero-order valence-electron chi connectivity index (χ0n) is 15.6. The third-order valence-corrected chi connectivity index (χ3v) is 8.13. The van der Waals surface area contributed by atoms with Crippen molar-refractivity contribution >= 4 is 37.6 Å². The van der Waals surface area contributed by atoms with Crippen LogP contribution in [0.4, 0.5) is 4.39 Å². The summed E-state index contributed by atoms with van der Waals surface area (Å²) in [5, 5.41) is 9.43. The van der Waals surface area contributed by atoms with Crippen molar-refractivity contribution in [3.8, 4) is 22.6 Å². The van der Waals surface area contributed by atoms with Gasteiger partial charge >= 0.3 is 0 Å². The summed E-state index contributed by atoms with van der Waals surface area (Å²) in [6.07, 6.45) is 2.17. The molecule has 6 nitrogen and oxygen atoms in total. The van der Waals surface area contributed by atoms with E-state index in [-0.39, 0.29) is 29.0 Å². The minimum Gasteiger partial charge on any atom is -0.396 e. The molecule has 0 unspecified atom stereocenters. The third kappa shape index (κ3) is 4.04. The highest BCUT2D eigenvalue weighted by molar-refractivity contribution is 9.10. The van der Waals surface area contributed by atoms with E-state index in [9.17, 15) is 17.9 Å². The maximum atomic E-state index is 13.8. The molecule has 10 heteroatoms. The lowest BCUT2D eigenvalue weighted by atomic mass is 10.1. The highest BCUT2D eigenvalue weighted by Crippen LogP contribution is 2.32. The van der Waals surface area contributed by atoms with Crippen molar-refractivity contribution in [2.75, 3.05) is 19.7 Å². The van der Waals surface area contributed by atoms with Crippen LogP contribution in [0.2, 0.25) is 5.02 Å². The molecule has 2 aromatic carbocycles. The molecule has 0 bridgehead atoms. The van der Waals surface area contributed by atoms with Crippen LogP contribution in [0.5, 0.6) is 0 Å². The predicted molar refractivity (Wildman–Crippen MR) is 116 cm³/mol. The summed E-state index contributed by atoms with van der Waals surface area (Å²) in [5.74, 6) is -0.0212. The van der Waals surface area contributed by atoms with E-state index in [1.807, 2.05) is 0 Å². The quantitative estimate of drug-likeness (QED) is 0.531. The molecule has 0 radical (unpaired) electrons. The van der Waals surface area contributed by atoms with Crippen molar-refractivity contribution in [1.82, 2.24) is 14.3 Å². The summed E-state index contributed by atoms with van der Waals surface area (Å²) in [5.41, 5.74) is 1.75. The summed E-state index contributed by atoms with van der Waals surface area (Å²) in [4.78, 5) is 7.41. The van der Waals surface area contributed by atoms with Crippen molar-refractivity contribution in [2.24, 2.45) is 5.92 Å². The number of rotatable bonds is 5. The van der Waals surface area contributed by atoms with Crippen molar-refractivity contribution in [3.63, 3.8) is 0 Å². The van der Waals surface area contributed by atoms with Crippen LogP contribution in [-0.4, -0.2) is 47.5 Å². The largest absolute Gasteiger partial charge is 0.396 e. The second-order valence-electron chi connectivity index (χ2n) is 7.12. The molecule has 0 saturated carbocycles. The van der Waals surface area contributed by atoms with Gasteiger partial charge < -0.3 is 10.1 Å². The van der Waals surface area contributed by atoms with E-state index in [1.54, 1.807) is 24.4 Å². The Morgan fingerprint density at radius 3 is 2.73 bits per heavy atom. The van der Waals surface area contributed by atoms with Gasteiger partial charge in [0.15, 0.2) is 0 Å². The van der Waals surface area contributed by atoms with Crippen molar-refractivity contribution in [1.29, 1.82) is 0 Å². The van der Waals surface area contributed by atoms with Gasteiger partial charge in [0.1, 0.15) is 16.5 Å². The number of nitrogens with one attached hydrogen (secondary N) is 1. The lowest BCUT2D eigenvalue weighted by Gasteiger charge is -2.17. The number of aromatic nitrogens is 2. The van der Waals surface area contributed by atoms with Crippen LogP contribution in [0, 0.1) is 11.7 Å². The van der Waals surface area contributed by atoms with Crippen LogP contribution in [-0.2, 0) is 10.0 Å². The molecule has 4 rings (SSSR count). The number of nitrogens with zero attached hydrogens (tertiary/aromatic N) is 2. The molecular weight excluding hydrogens is 497 g/mol. The van der Waals surface area contributed by atoms with Crippen LogP contribution >= 0.6 is 27.5 Å². The van der Waals surface area contributed by atoms with Gasteiger partial charge in [-0.1, -0.05) is 17.7 Å². The summed E-state index contributed by atoms with van der Waals surface area (Å²) in [7, 11) is -3.80. The predicted octanol–water partition coefficient (Wildman–Crippen LogP) is 4.30. The molecule has 30 heavy (non-hydrogen) atoms. The van der Waals surface area contributed by atoms with Gasteiger partial charge in [-0.3, -0.25) is 0 Å². The summed E-state index contributed by atoms with van der Waals surface area (Å²) in [6, 6.07) is 9.40. The summed E-state index contributed by atoms with van der Waals surface area (Å²) < 4.78 is 41.7. The Kier molecular flexibility index (Phi) is 6.00. The van der Waals surface area contributed by atoms with Crippen LogP contribution in [0.3, 0.4) is 0 Å². The molecule has 2 N–H and O–H groups in total. The van der Waals surface area contributed by atoms with Crippen molar-refractivity contribution < 1.29 is 17.9 Å². The van der Waals surface area contributed by atoms with Crippen LogP contribution < -0.4 is 0 Å². The average Bonchev–Trinajstić information content (AvgIpc) is 3.40. The Bertz CT molecular complexity index is 1200. The number of aliphatic hydroxyl groups is 1. The lowest BCUT2D eigenvalue weighted by molar-refractivity contribution is 0.233. The van der Waals surface area contributed by atoms with Gasteiger partial charge in [0.2, 0.25) is 10.0 Å². The maximum absolute atomic E-state index is 13.8. The molecule has 1 saturated heterocycles.